The molecule has 1 saturated heterocycles. The molecule has 3 aliphatic rings. The molecule has 4 rings (SSSR count). The molecule has 1 aromatic carbocycles. The van der Waals surface area contributed by atoms with Crippen LogP contribution in [0.5, 0.6) is 0 Å². The highest BCUT2D eigenvalue weighted by molar-refractivity contribution is 6.05. The van der Waals surface area contributed by atoms with Gasteiger partial charge in [-0.25, -0.2) is 0 Å². The molecule has 116 valence electrons. The molecule has 4 nitrogen and oxygen atoms in total. The minimum absolute atomic E-state index is 0.0293. The molecular weight excluding hydrogens is 276 g/mol. The van der Waals surface area contributed by atoms with Gasteiger partial charge in [0.05, 0.1) is 18.5 Å². The third-order valence-corrected chi connectivity index (χ3v) is 5.48. The van der Waals surface area contributed by atoms with Gasteiger partial charge in [-0.15, -0.1) is 0 Å². The minimum atomic E-state index is -0.0293. The summed E-state index contributed by atoms with van der Waals surface area (Å²) in [6, 6.07) is 8.46. The van der Waals surface area contributed by atoms with Crippen LogP contribution in [0.4, 0.5) is 0 Å². The molecule has 0 radical (unpaired) electrons. The summed E-state index contributed by atoms with van der Waals surface area (Å²) in [7, 11) is 0. The summed E-state index contributed by atoms with van der Waals surface area (Å²) in [5, 5.41) is 0. The van der Waals surface area contributed by atoms with Crippen LogP contribution >= 0.6 is 0 Å². The minimum Gasteiger partial charge on any atom is -0.281 e. The molecule has 2 heterocycles. The average molecular weight is 298 g/mol. The Morgan fingerprint density at radius 2 is 1.59 bits per heavy atom. The Kier molecular flexibility index (Phi) is 3.49. The fraction of sp³-hybridized carbons (Fsp3) is 0.556. The lowest BCUT2D eigenvalue weighted by molar-refractivity contribution is -0.142. The van der Waals surface area contributed by atoms with E-state index in [-0.39, 0.29) is 23.7 Å². The summed E-state index contributed by atoms with van der Waals surface area (Å²) >= 11 is 0. The van der Waals surface area contributed by atoms with E-state index in [2.05, 4.69) is 29.2 Å². The fourth-order valence-electron chi connectivity index (χ4n) is 4.25. The zero-order chi connectivity index (χ0) is 15.1. The molecule has 0 N–H and O–H groups in total. The summed E-state index contributed by atoms with van der Waals surface area (Å²) in [5.74, 6) is 0.0961. The molecule has 4 heteroatoms. The molecule has 0 spiro atoms. The number of likely N-dealkylation sites (tertiary alicyclic amines) is 1. The van der Waals surface area contributed by atoms with Gasteiger partial charge >= 0.3 is 0 Å². The van der Waals surface area contributed by atoms with E-state index >= 15 is 0 Å². The van der Waals surface area contributed by atoms with Crippen LogP contribution in [-0.4, -0.2) is 34.8 Å². The van der Waals surface area contributed by atoms with E-state index in [1.807, 2.05) is 0 Å². The molecule has 1 saturated carbocycles. The van der Waals surface area contributed by atoms with Gasteiger partial charge in [0.2, 0.25) is 11.8 Å². The Hall–Kier alpha value is -1.68. The first-order valence-corrected chi connectivity index (χ1v) is 8.38. The highest BCUT2D eigenvalue weighted by Gasteiger charge is 2.48. The molecule has 0 aromatic heterocycles. The summed E-state index contributed by atoms with van der Waals surface area (Å²) in [6.07, 6.45) is 4.97. The second kappa shape index (κ2) is 5.51. The second-order valence-corrected chi connectivity index (χ2v) is 6.81. The maximum Gasteiger partial charge on any atom is 0.234 e. The summed E-state index contributed by atoms with van der Waals surface area (Å²) in [6.45, 7) is 2.23. The van der Waals surface area contributed by atoms with Crippen LogP contribution in [-0.2, 0) is 22.6 Å². The number of fused-ring (bicyclic) bond motifs is 2. The standard InChI is InChI=1S/C18H22N2O2/c21-17-15-7-3-4-8-16(15)18(22)20(17)12-19-10-9-13-5-1-2-6-14(13)11-19/h1-2,5-6,15-16H,3-4,7-12H2. The first kappa shape index (κ1) is 13.9. The Morgan fingerprint density at radius 1 is 0.955 bits per heavy atom. The third kappa shape index (κ3) is 2.26. The van der Waals surface area contributed by atoms with Gasteiger partial charge in [-0.05, 0) is 30.4 Å². The van der Waals surface area contributed by atoms with E-state index in [1.165, 1.54) is 16.0 Å². The summed E-state index contributed by atoms with van der Waals surface area (Å²) < 4.78 is 0. The Balaban J connectivity index is 1.48. The van der Waals surface area contributed by atoms with E-state index in [0.717, 1.165) is 45.2 Å². The van der Waals surface area contributed by atoms with E-state index in [0.29, 0.717) is 6.67 Å². The molecule has 1 aliphatic carbocycles. The van der Waals surface area contributed by atoms with Gasteiger partial charge in [0.1, 0.15) is 0 Å². The van der Waals surface area contributed by atoms with Crippen molar-refractivity contribution in [1.82, 2.24) is 9.80 Å². The van der Waals surface area contributed by atoms with E-state index in [4.69, 9.17) is 0 Å². The number of hydrogen-bond donors (Lipinski definition) is 0. The van der Waals surface area contributed by atoms with Crippen molar-refractivity contribution in [3.05, 3.63) is 35.4 Å². The van der Waals surface area contributed by atoms with Gasteiger partial charge in [-0.2, -0.15) is 0 Å². The molecule has 22 heavy (non-hydrogen) atoms. The van der Waals surface area contributed by atoms with Gasteiger partial charge in [0, 0.05) is 13.1 Å². The van der Waals surface area contributed by atoms with Crippen LogP contribution in [0, 0.1) is 11.8 Å². The van der Waals surface area contributed by atoms with Crippen molar-refractivity contribution < 1.29 is 9.59 Å². The number of nitrogens with zero attached hydrogens (tertiary/aromatic N) is 2. The molecule has 0 bridgehead atoms. The lowest BCUT2D eigenvalue weighted by atomic mass is 9.81. The van der Waals surface area contributed by atoms with Gasteiger partial charge in [-0.3, -0.25) is 19.4 Å². The topological polar surface area (TPSA) is 40.6 Å². The van der Waals surface area contributed by atoms with Crippen molar-refractivity contribution in [2.24, 2.45) is 11.8 Å². The van der Waals surface area contributed by atoms with Crippen LogP contribution in [0.2, 0.25) is 0 Å². The SMILES string of the molecule is O=C1C2CCCCC2C(=O)N1CN1CCc2ccccc2C1. The highest BCUT2D eigenvalue weighted by atomic mass is 16.2. The molecule has 2 atom stereocenters. The number of carbonyl (C=O) groups is 2. The number of carbonyl (C=O) groups excluding carboxylic acids is 2. The molecule has 2 aliphatic heterocycles. The first-order valence-electron chi connectivity index (χ1n) is 8.38. The fourth-order valence-corrected chi connectivity index (χ4v) is 4.25. The molecule has 2 unspecified atom stereocenters. The van der Waals surface area contributed by atoms with Crippen LogP contribution in [0.15, 0.2) is 24.3 Å². The molecule has 1 aromatic rings. The lowest BCUT2D eigenvalue weighted by Crippen LogP contribution is -2.43. The molecule has 2 amide bonds. The van der Waals surface area contributed by atoms with Crippen molar-refractivity contribution in [3.63, 3.8) is 0 Å². The van der Waals surface area contributed by atoms with Gasteiger partial charge < -0.3 is 0 Å². The van der Waals surface area contributed by atoms with E-state index in [9.17, 15) is 9.59 Å². The van der Waals surface area contributed by atoms with Crippen molar-refractivity contribution in [2.45, 2.75) is 38.6 Å². The predicted molar refractivity (Wildman–Crippen MR) is 82.7 cm³/mol. The van der Waals surface area contributed by atoms with Crippen molar-refractivity contribution >= 4 is 11.8 Å². The normalized spacial score (nSPS) is 28.6. The molecule has 2 fully saturated rings. The lowest BCUT2D eigenvalue weighted by Gasteiger charge is -2.31. The Labute approximate surface area is 131 Å². The number of benzene rings is 1. The van der Waals surface area contributed by atoms with Gasteiger partial charge in [0.25, 0.3) is 0 Å². The van der Waals surface area contributed by atoms with Crippen LogP contribution in [0.3, 0.4) is 0 Å². The quantitative estimate of drug-likeness (QED) is 0.786. The third-order valence-electron chi connectivity index (χ3n) is 5.48. The summed E-state index contributed by atoms with van der Waals surface area (Å²) in [4.78, 5) is 28.9. The van der Waals surface area contributed by atoms with Gasteiger partial charge in [-0.1, -0.05) is 37.1 Å². The monoisotopic (exact) mass is 298 g/mol. The average Bonchev–Trinajstić information content (AvgIpc) is 2.80. The largest absolute Gasteiger partial charge is 0.281 e. The van der Waals surface area contributed by atoms with E-state index in [1.54, 1.807) is 0 Å². The Bertz CT molecular complexity index is 589. The first-order chi connectivity index (χ1) is 10.7. The van der Waals surface area contributed by atoms with Crippen molar-refractivity contribution in [3.8, 4) is 0 Å². The smallest absolute Gasteiger partial charge is 0.234 e. The van der Waals surface area contributed by atoms with Crippen molar-refractivity contribution in [2.75, 3.05) is 13.2 Å². The van der Waals surface area contributed by atoms with Crippen molar-refractivity contribution in [1.29, 1.82) is 0 Å². The van der Waals surface area contributed by atoms with E-state index < -0.39 is 0 Å². The second-order valence-electron chi connectivity index (χ2n) is 6.81. The maximum atomic E-state index is 12.5. The summed E-state index contributed by atoms with van der Waals surface area (Å²) in [5.41, 5.74) is 2.72. The number of rotatable bonds is 2. The zero-order valence-corrected chi connectivity index (χ0v) is 12.8. The van der Waals surface area contributed by atoms with Crippen LogP contribution < -0.4 is 0 Å². The zero-order valence-electron chi connectivity index (χ0n) is 12.8. The van der Waals surface area contributed by atoms with Gasteiger partial charge in [0.15, 0.2) is 0 Å². The predicted octanol–water partition coefficient (Wildman–Crippen LogP) is 2.18. The molecular formula is C18H22N2O2. The Morgan fingerprint density at radius 3 is 2.27 bits per heavy atom. The number of imide groups is 1. The number of hydrogen-bond acceptors (Lipinski definition) is 3. The van der Waals surface area contributed by atoms with Crippen LogP contribution in [0.1, 0.15) is 36.8 Å². The number of amides is 2. The van der Waals surface area contributed by atoms with Crippen LogP contribution in [0.25, 0.3) is 0 Å². The maximum absolute atomic E-state index is 12.5. The highest BCUT2D eigenvalue weighted by Crippen LogP contribution is 2.38.